The van der Waals surface area contributed by atoms with Crippen LogP contribution in [0.4, 0.5) is 4.39 Å². The topological polar surface area (TPSA) is 22.1 Å². The van der Waals surface area contributed by atoms with Gasteiger partial charge in [-0.15, -0.1) is 0 Å². The summed E-state index contributed by atoms with van der Waals surface area (Å²) in [6.45, 7) is 2.55. The molecule has 1 aromatic carbocycles. The molecule has 1 heterocycles. The summed E-state index contributed by atoms with van der Waals surface area (Å²) in [6, 6.07) is 8.44. The fourth-order valence-corrected chi connectivity index (χ4v) is 1.34. The quantitative estimate of drug-likeness (QED) is 0.681. The van der Waals surface area contributed by atoms with Crippen molar-refractivity contribution in [2.24, 2.45) is 0 Å². The van der Waals surface area contributed by atoms with Crippen LogP contribution in [0.15, 0.2) is 30.3 Å². The van der Waals surface area contributed by atoms with Gasteiger partial charge in [0.15, 0.2) is 0 Å². The van der Waals surface area contributed by atoms with Gasteiger partial charge in [0, 0.05) is 5.39 Å². The molecule has 2 nitrogen and oxygen atoms in total. The van der Waals surface area contributed by atoms with Crippen LogP contribution >= 0.6 is 0 Å². The Kier molecular flexibility index (Phi) is 2.31. The zero-order valence-corrected chi connectivity index (χ0v) is 7.83. The number of ether oxygens (including phenoxy) is 1. The lowest BCUT2D eigenvalue weighted by Gasteiger charge is -2.03. The van der Waals surface area contributed by atoms with E-state index < -0.39 is 5.95 Å². The van der Waals surface area contributed by atoms with Crippen LogP contribution < -0.4 is 4.74 Å². The van der Waals surface area contributed by atoms with Crippen LogP contribution in [0.2, 0.25) is 0 Å². The molecule has 0 amide bonds. The molecule has 2 rings (SSSR count). The van der Waals surface area contributed by atoms with Crippen molar-refractivity contribution in [2.45, 2.75) is 6.92 Å². The summed E-state index contributed by atoms with van der Waals surface area (Å²) in [5.74, 6) is 0.329. The SMILES string of the molecule is CCOc1ccc2nc(F)ccc2c1. The molecule has 72 valence electrons. The van der Waals surface area contributed by atoms with Gasteiger partial charge < -0.3 is 4.74 Å². The van der Waals surface area contributed by atoms with Crippen LogP contribution in [-0.2, 0) is 0 Å². The van der Waals surface area contributed by atoms with E-state index in [4.69, 9.17) is 4.74 Å². The molecule has 2 aromatic rings. The molecule has 0 bridgehead atoms. The Hall–Kier alpha value is -1.64. The second-order valence-corrected chi connectivity index (χ2v) is 2.92. The van der Waals surface area contributed by atoms with Gasteiger partial charge in [0.25, 0.3) is 0 Å². The first kappa shape index (κ1) is 8.94. The van der Waals surface area contributed by atoms with Gasteiger partial charge in [-0.3, -0.25) is 0 Å². The molecular weight excluding hydrogens is 181 g/mol. The fourth-order valence-electron chi connectivity index (χ4n) is 1.34. The van der Waals surface area contributed by atoms with E-state index in [0.717, 1.165) is 11.1 Å². The molecule has 0 aliphatic carbocycles. The van der Waals surface area contributed by atoms with E-state index in [1.807, 2.05) is 13.0 Å². The Morgan fingerprint density at radius 2 is 2.14 bits per heavy atom. The second kappa shape index (κ2) is 3.62. The van der Waals surface area contributed by atoms with Crippen molar-refractivity contribution in [2.75, 3.05) is 6.61 Å². The van der Waals surface area contributed by atoms with Crippen molar-refractivity contribution < 1.29 is 9.13 Å². The van der Waals surface area contributed by atoms with E-state index in [-0.39, 0.29) is 0 Å². The minimum absolute atomic E-state index is 0.457. The smallest absolute Gasteiger partial charge is 0.213 e. The van der Waals surface area contributed by atoms with Gasteiger partial charge in [-0.2, -0.15) is 4.39 Å². The molecule has 0 atom stereocenters. The summed E-state index contributed by atoms with van der Waals surface area (Å²) in [5.41, 5.74) is 0.647. The molecule has 0 radical (unpaired) electrons. The maximum absolute atomic E-state index is 12.7. The Labute approximate surface area is 81.3 Å². The molecule has 0 saturated carbocycles. The van der Waals surface area contributed by atoms with Gasteiger partial charge in [-0.25, -0.2) is 4.98 Å². The number of hydrogen-bond acceptors (Lipinski definition) is 2. The van der Waals surface area contributed by atoms with Gasteiger partial charge >= 0.3 is 0 Å². The zero-order valence-electron chi connectivity index (χ0n) is 7.83. The van der Waals surface area contributed by atoms with Gasteiger partial charge in [-0.05, 0) is 37.3 Å². The number of fused-ring (bicyclic) bond motifs is 1. The van der Waals surface area contributed by atoms with Crippen molar-refractivity contribution in [3.63, 3.8) is 0 Å². The monoisotopic (exact) mass is 191 g/mol. The van der Waals surface area contributed by atoms with Crippen molar-refractivity contribution in [3.8, 4) is 5.75 Å². The van der Waals surface area contributed by atoms with Gasteiger partial charge in [-0.1, -0.05) is 0 Å². The van der Waals surface area contributed by atoms with E-state index in [9.17, 15) is 4.39 Å². The lowest BCUT2D eigenvalue weighted by Crippen LogP contribution is -1.91. The maximum atomic E-state index is 12.7. The van der Waals surface area contributed by atoms with Crippen LogP contribution in [-0.4, -0.2) is 11.6 Å². The third-order valence-corrected chi connectivity index (χ3v) is 1.94. The van der Waals surface area contributed by atoms with E-state index in [0.29, 0.717) is 12.1 Å². The number of hydrogen-bond donors (Lipinski definition) is 0. The first-order valence-corrected chi connectivity index (χ1v) is 4.48. The zero-order chi connectivity index (χ0) is 9.97. The van der Waals surface area contributed by atoms with E-state index in [1.54, 1.807) is 18.2 Å². The lowest BCUT2D eigenvalue weighted by molar-refractivity contribution is 0.340. The molecular formula is C11H10FNO. The van der Waals surface area contributed by atoms with Crippen molar-refractivity contribution in [1.29, 1.82) is 0 Å². The van der Waals surface area contributed by atoms with E-state index in [2.05, 4.69) is 4.98 Å². The molecule has 0 aliphatic rings. The van der Waals surface area contributed by atoms with Crippen LogP contribution in [0.1, 0.15) is 6.92 Å². The van der Waals surface area contributed by atoms with Crippen LogP contribution in [0, 0.1) is 5.95 Å². The van der Waals surface area contributed by atoms with Crippen molar-refractivity contribution >= 4 is 10.9 Å². The third-order valence-electron chi connectivity index (χ3n) is 1.94. The number of rotatable bonds is 2. The molecule has 14 heavy (non-hydrogen) atoms. The number of pyridine rings is 1. The summed E-state index contributed by atoms with van der Waals surface area (Å²) in [7, 11) is 0. The molecule has 1 aromatic heterocycles. The first-order chi connectivity index (χ1) is 6.79. The maximum Gasteiger partial charge on any atom is 0.213 e. The van der Waals surface area contributed by atoms with Crippen LogP contribution in [0.5, 0.6) is 5.75 Å². The van der Waals surface area contributed by atoms with Crippen LogP contribution in [0.25, 0.3) is 10.9 Å². The fraction of sp³-hybridized carbons (Fsp3) is 0.182. The standard InChI is InChI=1S/C11H10FNO/c1-2-14-9-4-5-10-8(7-9)3-6-11(12)13-10/h3-7H,2H2,1H3. The highest BCUT2D eigenvalue weighted by atomic mass is 19.1. The lowest BCUT2D eigenvalue weighted by atomic mass is 10.2. The predicted octanol–water partition coefficient (Wildman–Crippen LogP) is 2.77. The third kappa shape index (κ3) is 1.66. The highest BCUT2D eigenvalue weighted by Crippen LogP contribution is 2.19. The first-order valence-electron chi connectivity index (χ1n) is 4.48. The normalized spacial score (nSPS) is 10.4. The average molecular weight is 191 g/mol. The van der Waals surface area contributed by atoms with Crippen molar-refractivity contribution in [1.82, 2.24) is 4.98 Å². The molecule has 0 unspecified atom stereocenters. The summed E-state index contributed by atoms with van der Waals surface area (Å²) in [4.78, 5) is 3.75. The molecule has 0 fully saturated rings. The number of aromatic nitrogens is 1. The molecule has 0 N–H and O–H groups in total. The van der Waals surface area contributed by atoms with E-state index >= 15 is 0 Å². The molecule has 0 spiro atoms. The Balaban J connectivity index is 2.50. The highest BCUT2D eigenvalue weighted by Gasteiger charge is 1.99. The van der Waals surface area contributed by atoms with Gasteiger partial charge in [0.05, 0.1) is 12.1 Å². The molecule has 0 aliphatic heterocycles. The summed E-state index contributed by atoms with van der Waals surface area (Å²) >= 11 is 0. The number of halogens is 1. The number of nitrogens with zero attached hydrogens (tertiary/aromatic N) is 1. The Morgan fingerprint density at radius 3 is 2.93 bits per heavy atom. The molecule has 0 saturated heterocycles. The molecule has 3 heteroatoms. The van der Waals surface area contributed by atoms with E-state index in [1.165, 1.54) is 6.07 Å². The summed E-state index contributed by atoms with van der Waals surface area (Å²) in [6.07, 6.45) is 0. The largest absolute Gasteiger partial charge is 0.494 e. The highest BCUT2D eigenvalue weighted by molar-refractivity contribution is 5.79. The van der Waals surface area contributed by atoms with Gasteiger partial charge in [0.1, 0.15) is 5.75 Å². The van der Waals surface area contributed by atoms with Gasteiger partial charge in [0.2, 0.25) is 5.95 Å². The summed E-state index contributed by atoms with van der Waals surface area (Å²) < 4.78 is 18.1. The Morgan fingerprint density at radius 1 is 1.29 bits per heavy atom. The second-order valence-electron chi connectivity index (χ2n) is 2.92. The Bertz CT molecular complexity index is 456. The minimum atomic E-state index is -0.457. The predicted molar refractivity (Wildman–Crippen MR) is 52.9 cm³/mol. The minimum Gasteiger partial charge on any atom is -0.494 e. The number of benzene rings is 1. The van der Waals surface area contributed by atoms with Crippen LogP contribution in [0.3, 0.4) is 0 Å². The average Bonchev–Trinajstić information content (AvgIpc) is 2.19. The van der Waals surface area contributed by atoms with Crippen molar-refractivity contribution in [3.05, 3.63) is 36.3 Å². The summed E-state index contributed by atoms with van der Waals surface area (Å²) in [5, 5.41) is 0.886.